The van der Waals surface area contributed by atoms with E-state index in [1.807, 2.05) is 0 Å². The van der Waals surface area contributed by atoms with Gasteiger partial charge >= 0.3 is 5.97 Å². The van der Waals surface area contributed by atoms with E-state index in [4.69, 9.17) is 4.74 Å². The Balaban J connectivity index is 1.31. The van der Waals surface area contributed by atoms with Crippen molar-refractivity contribution in [3.05, 3.63) is 147 Å². The van der Waals surface area contributed by atoms with Crippen LogP contribution >= 0.6 is 0 Å². The fraction of sp³-hybridized carbons (Fsp3) is 0.118. The van der Waals surface area contributed by atoms with E-state index in [2.05, 4.69) is 15.0 Å². The van der Waals surface area contributed by atoms with Crippen molar-refractivity contribution in [1.82, 2.24) is 19.5 Å². The summed E-state index contributed by atoms with van der Waals surface area (Å²) in [7, 11) is 0. The van der Waals surface area contributed by atoms with Crippen LogP contribution < -0.4 is 10.3 Å². The molecule has 0 spiro atoms. The highest BCUT2D eigenvalue weighted by atomic mass is 19.1. The number of pyridine rings is 2. The maximum atomic E-state index is 15.6. The molecular formula is C34H25F3N4O4. The number of nitrogens with one attached hydrogen (secondary N) is 1. The van der Waals surface area contributed by atoms with Crippen LogP contribution in [-0.4, -0.2) is 30.6 Å². The topological polar surface area (TPSA) is 110 Å². The van der Waals surface area contributed by atoms with Gasteiger partial charge in [-0.1, -0.05) is 24.3 Å². The molecule has 6 aromatic rings. The van der Waals surface area contributed by atoms with Gasteiger partial charge in [0.2, 0.25) is 5.88 Å². The average Bonchev–Trinajstić information content (AvgIpc) is 3.35. The van der Waals surface area contributed by atoms with E-state index < -0.39 is 23.4 Å². The van der Waals surface area contributed by atoms with Crippen molar-refractivity contribution < 1.29 is 27.8 Å². The highest BCUT2D eigenvalue weighted by Gasteiger charge is 2.19. The van der Waals surface area contributed by atoms with Crippen molar-refractivity contribution >= 4 is 17.0 Å². The van der Waals surface area contributed by atoms with Gasteiger partial charge in [-0.15, -0.1) is 0 Å². The Labute approximate surface area is 254 Å². The number of H-pyrrole nitrogens is 1. The quantitative estimate of drug-likeness (QED) is 0.195. The number of benzene rings is 3. The van der Waals surface area contributed by atoms with Crippen LogP contribution in [0.3, 0.4) is 0 Å². The average molecular weight is 611 g/mol. The molecule has 226 valence electrons. The Kier molecular flexibility index (Phi) is 7.91. The van der Waals surface area contributed by atoms with Crippen LogP contribution in [0.1, 0.15) is 38.4 Å². The molecule has 6 rings (SSSR count). The first-order valence-corrected chi connectivity index (χ1v) is 13.9. The molecule has 3 aromatic carbocycles. The molecule has 0 bridgehead atoms. The van der Waals surface area contributed by atoms with Crippen LogP contribution in [0.5, 0.6) is 5.88 Å². The third-order valence-corrected chi connectivity index (χ3v) is 7.37. The third kappa shape index (κ3) is 6.19. The number of hydrogen-bond donors (Lipinski definition) is 2. The lowest BCUT2D eigenvalue weighted by molar-refractivity contribution is 0.0697. The SMILES string of the molecule is Cc1ccc(COc2cccc(-c3cc(F)c(Cc4nc5ccc(C(=O)O)cc5n4Cc4ccc[nH]c4=O)cc3F)n2)c(F)c1. The molecule has 8 nitrogen and oxygen atoms in total. The summed E-state index contributed by atoms with van der Waals surface area (Å²) in [4.78, 5) is 35.5. The number of aryl methyl sites for hydroxylation is 1. The summed E-state index contributed by atoms with van der Waals surface area (Å²) in [5, 5.41) is 9.51. The van der Waals surface area contributed by atoms with Gasteiger partial charge in [-0.05, 0) is 66.6 Å². The van der Waals surface area contributed by atoms with Gasteiger partial charge in [-0.2, -0.15) is 0 Å². The van der Waals surface area contributed by atoms with Crippen molar-refractivity contribution in [2.45, 2.75) is 26.5 Å². The van der Waals surface area contributed by atoms with E-state index >= 15 is 8.78 Å². The Bertz CT molecular complexity index is 2140. The highest BCUT2D eigenvalue weighted by Crippen LogP contribution is 2.28. The maximum Gasteiger partial charge on any atom is 0.335 e. The number of carbonyl (C=O) groups is 1. The minimum Gasteiger partial charge on any atom is -0.478 e. The number of aromatic nitrogens is 4. The first-order chi connectivity index (χ1) is 21.7. The van der Waals surface area contributed by atoms with Gasteiger partial charge in [-0.3, -0.25) is 4.79 Å². The van der Waals surface area contributed by atoms with E-state index in [9.17, 15) is 19.1 Å². The number of ether oxygens (including phenoxy) is 1. The molecule has 0 aliphatic heterocycles. The molecule has 0 unspecified atom stereocenters. The number of aromatic amines is 1. The standard InChI is InChI=1S/C34H25F3N4O4/c1-19-7-8-22(25(35)12-19)18-45-32-6-2-5-28(40-32)24-16-26(36)23(13-27(24)37)15-31-39-29-10-9-20(34(43)44)14-30(29)41(31)17-21-4-3-11-38-33(21)42/h2-14,16H,15,17-18H2,1H3,(H,38,42)(H,43,44). The van der Waals surface area contributed by atoms with E-state index in [0.29, 0.717) is 28.0 Å². The summed E-state index contributed by atoms with van der Waals surface area (Å²) in [6.45, 7) is 1.70. The second-order valence-corrected chi connectivity index (χ2v) is 10.5. The third-order valence-electron chi connectivity index (χ3n) is 7.37. The molecule has 0 aliphatic rings. The van der Waals surface area contributed by atoms with Crippen LogP contribution in [0.15, 0.2) is 89.9 Å². The normalized spacial score (nSPS) is 11.2. The van der Waals surface area contributed by atoms with E-state index in [1.165, 1.54) is 42.6 Å². The largest absolute Gasteiger partial charge is 0.478 e. The van der Waals surface area contributed by atoms with E-state index in [0.717, 1.165) is 17.7 Å². The molecular weight excluding hydrogens is 585 g/mol. The predicted molar refractivity (Wildman–Crippen MR) is 161 cm³/mol. The Morgan fingerprint density at radius 2 is 1.71 bits per heavy atom. The summed E-state index contributed by atoms with van der Waals surface area (Å²) >= 11 is 0. The molecule has 3 aromatic heterocycles. The summed E-state index contributed by atoms with van der Waals surface area (Å²) in [5.41, 5.74) is 2.03. The molecule has 0 atom stereocenters. The van der Waals surface area contributed by atoms with Crippen LogP contribution in [0, 0.1) is 24.4 Å². The number of nitrogens with zero attached hydrogens (tertiary/aromatic N) is 3. The number of imidazole rings is 1. The fourth-order valence-corrected chi connectivity index (χ4v) is 5.02. The minimum absolute atomic E-state index is 0.00418. The zero-order valence-electron chi connectivity index (χ0n) is 23.9. The number of halogens is 3. The Morgan fingerprint density at radius 1 is 0.889 bits per heavy atom. The summed E-state index contributed by atoms with van der Waals surface area (Å²) in [5.74, 6) is -2.60. The van der Waals surface area contributed by atoms with Crippen molar-refractivity contribution in [2.24, 2.45) is 0 Å². The highest BCUT2D eigenvalue weighted by molar-refractivity contribution is 5.92. The summed E-state index contributed by atoms with van der Waals surface area (Å²) in [6, 6.07) is 19.1. The molecule has 0 saturated carbocycles. The number of fused-ring (bicyclic) bond motifs is 1. The number of carboxylic acids is 1. The number of carboxylic acid groups (broad SMARTS) is 1. The number of hydrogen-bond acceptors (Lipinski definition) is 5. The summed E-state index contributed by atoms with van der Waals surface area (Å²) in [6.07, 6.45) is 1.34. The van der Waals surface area contributed by atoms with Gasteiger partial charge in [0.05, 0.1) is 28.8 Å². The van der Waals surface area contributed by atoms with Crippen molar-refractivity contribution in [2.75, 3.05) is 0 Å². The summed E-state index contributed by atoms with van der Waals surface area (Å²) < 4.78 is 52.5. The molecule has 0 amide bonds. The maximum absolute atomic E-state index is 15.6. The molecule has 45 heavy (non-hydrogen) atoms. The van der Waals surface area contributed by atoms with Gasteiger partial charge in [0.1, 0.15) is 29.9 Å². The van der Waals surface area contributed by atoms with Crippen molar-refractivity contribution in [3.63, 3.8) is 0 Å². The monoisotopic (exact) mass is 610 g/mol. The fourth-order valence-electron chi connectivity index (χ4n) is 5.02. The van der Waals surface area contributed by atoms with Gasteiger partial charge in [0.15, 0.2) is 0 Å². The lowest BCUT2D eigenvalue weighted by Gasteiger charge is -2.12. The van der Waals surface area contributed by atoms with Crippen LogP contribution in [0.25, 0.3) is 22.3 Å². The predicted octanol–water partition coefficient (Wildman–Crippen LogP) is 6.43. The van der Waals surface area contributed by atoms with Crippen molar-refractivity contribution in [3.8, 4) is 17.1 Å². The first kappa shape index (κ1) is 29.4. The smallest absolute Gasteiger partial charge is 0.335 e. The van der Waals surface area contributed by atoms with Crippen molar-refractivity contribution in [1.29, 1.82) is 0 Å². The molecule has 11 heteroatoms. The molecule has 3 heterocycles. The van der Waals surface area contributed by atoms with Gasteiger partial charge < -0.3 is 19.4 Å². The van der Waals surface area contributed by atoms with Crippen LogP contribution in [0.2, 0.25) is 0 Å². The van der Waals surface area contributed by atoms with Gasteiger partial charge in [-0.25, -0.2) is 27.9 Å². The lowest BCUT2D eigenvalue weighted by atomic mass is 10.0. The first-order valence-electron chi connectivity index (χ1n) is 13.9. The van der Waals surface area contributed by atoms with E-state index in [1.54, 1.807) is 41.8 Å². The second kappa shape index (κ2) is 12.1. The lowest BCUT2D eigenvalue weighted by Crippen LogP contribution is -2.16. The van der Waals surface area contributed by atoms with E-state index in [-0.39, 0.29) is 53.4 Å². The van der Waals surface area contributed by atoms with Crippen LogP contribution in [-0.2, 0) is 19.6 Å². The molecule has 0 aliphatic carbocycles. The zero-order valence-corrected chi connectivity index (χ0v) is 23.9. The van der Waals surface area contributed by atoms with Gasteiger partial charge in [0, 0.05) is 35.4 Å². The number of aromatic carboxylic acids is 1. The molecule has 0 fully saturated rings. The molecule has 2 N–H and O–H groups in total. The molecule has 0 saturated heterocycles. The van der Waals surface area contributed by atoms with Crippen LogP contribution in [0.4, 0.5) is 13.2 Å². The Morgan fingerprint density at radius 3 is 2.49 bits per heavy atom. The second-order valence-electron chi connectivity index (χ2n) is 10.5. The molecule has 0 radical (unpaired) electrons. The van der Waals surface area contributed by atoms with Gasteiger partial charge in [0.25, 0.3) is 5.56 Å². The zero-order chi connectivity index (χ0) is 31.7. The minimum atomic E-state index is -1.14. The Hall–Kier alpha value is -5.71. The number of rotatable bonds is 9.